The van der Waals surface area contributed by atoms with Crippen LogP contribution in [0.3, 0.4) is 0 Å². The molecule has 0 radical (unpaired) electrons. The molecule has 0 aromatic heterocycles. The van der Waals surface area contributed by atoms with Gasteiger partial charge in [0.2, 0.25) is 0 Å². The minimum absolute atomic E-state index is 0.302. The molecule has 3 nitrogen and oxygen atoms in total. The third-order valence-electron chi connectivity index (χ3n) is 2.23. The van der Waals surface area contributed by atoms with E-state index < -0.39 is 0 Å². The minimum atomic E-state index is -0.302. The van der Waals surface area contributed by atoms with Crippen LogP contribution in [0.15, 0.2) is 30.5 Å². The summed E-state index contributed by atoms with van der Waals surface area (Å²) in [6, 6.07) is 5.54. The van der Waals surface area contributed by atoms with Gasteiger partial charge in [-0.2, -0.15) is 0 Å². The topological polar surface area (TPSA) is 38.3 Å². The normalized spacial score (nSPS) is 12.9. The molecule has 0 bridgehead atoms. The number of nitrogens with one attached hydrogen (secondary N) is 1. The molecule has 2 rings (SSSR count). The number of fused-ring (bicyclic) bond motifs is 1. The van der Waals surface area contributed by atoms with Gasteiger partial charge in [0.05, 0.1) is 12.7 Å². The maximum atomic E-state index is 11.2. The number of esters is 1. The van der Waals surface area contributed by atoms with E-state index >= 15 is 0 Å². The molecule has 1 heterocycles. The summed E-state index contributed by atoms with van der Waals surface area (Å²) in [5, 5.41) is 3.09. The van der Waals surface area contributed by atoms with Crippen LogP contribution in [0, 0.1) is 0 Å². The Bertz CT molecular complexity index is 396. The van der Waals surface area contributed by atoms with Gasteiger partial charge in [-0.15, -0.1) is 0 Å². The molecule has 0 unspecified atom stereocenters. The van der Waals surface area contributed by atoms with Gasteiger partial charge < -0.3 is 10.1 Å². The van der Waals surface area contributed by atoms with Gasteiger partial charge in [-0.1, -0.05) is 12.1 Å². The van der Waals surface area contributed by atoms with Crippen molar-refractivity contribution in [3.05, 3.63) is 41.6 Å². The van der Waals surface area contributed by atoms with E-state index in [1.165, 1.54) is 12.7 Å². The van der Waals surface area contributed by atoms with Crippen LogP contribution in [0.5, 0.6) is 0 Å². The molecule has 0 amide bonds. The van der Waals surface area contributed by atoms with E-state index in [0.717, 1.165) is 12.1 Å². The van der Waals surface area contributed by atoms with Crippen molar-refractivity contribution < 1.29 is 9.53 Å². The zero-order valence-electron chi connectivity index (χ0n) is 7.91. The zero-order valence-corrected chi connectivity index (χ0v) is 7.91. The van der Waals surface area contributed by atoms with Gasteiger partial charge in [0, 0.05) is 5.69 Å². The lowest BCUT2D eigenvalue weighted by molar-refractivity contribution is 0.0601. The van der Waals surface area contributed by atoms with Gasteiger partial charge in [0.15, 0.2) is 0 Å². The average Bonchev–Trinajstić information content (AvgIpc) is 2.27. The summed E-state index contributed by atoms with van der Waals surface area (Å²) in [7, 11) is 1.38. The Kier molecular flexibility index (Phi) is 2.23. The van der Waals surface area contributed by atoms with Crippen molar-refractivity contribution in [2.45, 2.75) is 6.42 Å². The summed E-state index contributed by atoms with van der Waals surface area (Å²) in [4.78, 5) is 11.2. The Morgan fingerprint density at radius 1 is 1.50 bits per heavy atom. The number of allylic oxidation sites excluding steroid dienone is 1. The van der Waals surface area contributed by atoms with Crippen LogP contribution in [0.25, 0.3) is 0 Å². The first-order chi connectivity index (χ1) is 6.81. The third-order valence-corrected chi connectivity index (χ3v) is 2.23. The molecular weight excluding hydrogens is 178 g/mol. The number of ether oxygens (including phenoxy) is 1. The second-order valence-corrected chi connectivity index (χ2v) is 3.11. The van der Waals surface area contributed by atoms with Crippen molar-refractivity contribution in [1.29, 1.82) is 0 Å². The van der Waals surface area contributed by atoms with Crippen LogP contribution < -0.4 is 5.32 Å². The Labute approximate surface area is 82.4 Å². The van der Waals surface area contributed by atoms with Crippen molar-refractivity contribution in [2.24, 2.45) is 0 Å². The predicted molar refractivity (Wildman–Crippen MR) is 54.2 cm³/mol. The highest BCUT2D eigenvalue weighted by atomic mass is 16.5. The number of rotatable bonds is 1. The van der Waals surface area contributed by atoms with Crippen LogP contribution in [-0.4, -0.2) is 13.1 Å². The van der Waals surface area contributed by atoms with E-state index in [1.54, 1.807) is 6.07 Å². The van der Waals surface area contributed by atoms with Crippen LogP contribution in [0.4, 0.5) is 5.69 Å². The van der Waals surface area contributed by atoms with Gasteiger partial charge in [0.25, 0.3) is 0 Å². The number of hydrogen-bond donors (Lipinski definition) is 1. The van der Waals surface area contributed by atoms with E-state index in [4.69, 9.17) is 0 Å². The lowest BCUT2D eigenvalue weighted by Crippen LogP contribution is -2.05. The smallest absolute Gasteiger partial charge is 0.337 e. The first kappa shape index (κ1) is 8.81. The SMILES string of the molecule is COC(=O)c1ccc2c(c1)NC=CC2. The van der Waals surface area contributed by atoms with Gasteiger partial charge in [-0.05, 0) is 30.3 Å². The quantitative estimate of drug-likeness (QED) is 0.686. The second kappa shape index (κ2) is 3.54. The molecule has 1 aliphatic heterocycles. The Morgan fingerprint density at radius 3 is 3.14 bits per heavy atom. The Hall–Kier alpha value is -1.77. The summed E-state index contributed by atoms with van der Waals surface area (Å²) < 4.78 is 4.64. The number of carbonyl (C=O) groups is 1. The third kappa shape index (κ3) is 1.48. The van der Waals surface area contributed by atoms with Crippen molar-refractivity contribution in [3.63, 3.8) is 0 Å². The van der Waals surface area contributed by atoms with Gasteiger partial charge in [0.1, 0.15) is 0 Å². The first-order valence-electron chi connectivity index (χ1n) is 4.44. The molecule has 1 N–H and O–H groups in total. The van der Waals surface area contributed by atoms with Gasteiger partial charge >= 0.3 is 5.97 Å². The van der Waals surface area contributed by atoms with Crippen LogP contribution >= 0.6 is 0 Å². The van der Waals surface area contributed by atoms with Crippen molar-refractivity contribution in [1.82, 2.24) is 0 Å². The molecule has 0 aliphatic carbocycles. The maximum absolute atomic E-state index is 11.2. The molecule has 1 aromatic carbocycles. The lowest BCUT2D eigenvalue weighted by atomic mass is 10.0. The van der Waals surface area contributed by atoms with Gasteiger partial charge in [-0.3, -0.25) is 0 Å². The van der Waals surface area contributed by atoms with E-state index in [1.807, 2.05) is 24.4 Å². The summed E-state index contributed by atoms with van der Waals surface area (Å²) >= 11 is 0. The second-order valence-electron chi connectivity index (χ2n) is 3.11. The number of hydrogen-bond acceptors (Lipinski definition) is 3. The Balaban J connectivity index is 2.36. The summed E-state index contributed by atoms with van der Waals surface area (Å²) in [6.07, 6.45) is 4.83. The monoisotopic (exact) mass is 189 g/mol. The highest BCUT2D eigenvalue weighted by Gasteiger charge is 2.09. The fraction of sp³-hybridized carbons (Fsp3) is 0.182. The summed E-state index contributed by atoms with van der Waals surface area (Å²) in [6.45, 7) is 0. The molecule has 3 heteroatoms. The average molecular weight is 189 g/mol. The highest BCUT2D eigenvalue weighted by molar-refractivity contribution is 5.90. The molecular formula is C11H11NO2. The van der Waals surface area contributed by atoms with Gasteiger partial charge in [-0.25, -0.2) is 4.79 Å². The predicted octanol–water partition coefficient (Wildman–Crippen LogP) is 1.95. The first-order valence-corrected chi connectivity index (χ1v) is 4.44. The van der Waals surface area contributed by atoms with Crippen LogP contribution in [0.1, 0.15) is 15.9 Å². The lowest BCUT2D eigenvalue weighted by Gasteiger charge is -2.13. The fourth-order valence-electron chi connectivity index (χ4n) is 1.47. The van der Waals surface area contributed by atoms with Crippen LogP contribution in [0.2, 0.25) is 0 Å². The maximum Gasteiger partial charge on any atom is 0.337 e. The molecule has 0 atom stereocenters. The molecule has 1 aromatic rings. The number of methoxy groups -OCH3 is 1. The number of anilines is 1. The molecule has 0 saturated carbocycles. The Morgan fingerprint density at radius 2 is 2.36 bits per heavy atom. The van der Waals surface area contributed by atoms with Crippen molar-refractivity contribution >= 4 is 11.7 Å². The summed E-state index contributed by atoms with van der Waals surface area (Å²) in [5.41, 5.74) is 2.75. The molecule has 0 saturated heterocycles. The zero-order chi connectivity index (χ0) is 9.97. The van der Waals surface area contributed by atoms with Crippen LogP contribution in [-0.2, 0) is 11.2 Å². The minimum Gasteiger partial charge on any atom is -0.465 e. The fourth-order valence-corrected chi connectivity index (χ4v) is 1.47. The number of carbonyl (C=O) groups excluding carboxylic acids is 1. The summed E-state index contributed by atoms with van der Waals surface area (Å²) in [5.74, 6) is -0.302. The van der Waals surface area contributed by atoms with Crippen molar-refractivity contribution in [2.75, 3.05) is 12.4 Å². The van der Waals surface area contributed by atoms with E-state index in [9.17, 15) is 4.79 Å². The molecule has 0 spiro atoms. The molecule has 14 heavy (non-hydrogen) atoms. The standard InChI is InChI=1S/C11H11NO2/c1-14-11(13)9-5-4-8-3-2-6-12-10(8)7-9/h2,4-7,12H,3H2,1H3. The molecule has 72 valence electrons. The van der Waals surface area contributed by atoms with E-state index in [0.29, 0.717) is 5.56 Å². The molecule has 1 aliphatic rings. The largest absolute Gasteiger partial charge is 0.465 e. The number of benzene rings is 1. The van der Waals surface area contributed by atoms with Crippen molar-refractivity contribution in [3.8, 4) is 0 Å². The molecule has 0 fully saturated rings. The van der Waals surface area contributed by atoms with E-state index in [2.05, 4.69) is 10.1 Å². The van der Waals surface area contributed by atoms with E-state index in [-0.39, 0.29) is 5.97 Å². The highest BCUT2D eigenvalue weighted by Crippen LogP contribution is 2.22.